The molecule has 0 aromatic heterocycles. The van der Waals surface area contributed by atoms with Gasteiger partial charge >= 0.3 is 12.1 Å². The minimum absolute atomic E-state index is 0.0991. The first-order valence-electron chi connectivity index (χ1n) is 12.0. The van der Waals surface area contributed by atoms with Gasteiger partial charge in [-0.3, -0.25) is 4.79 Å². The third-order valence-corrected chi connectivity index (χ3v) is 6.45. The molecule has 0 aliphatic carbocycles. The lowest BCUT2D eigenvalue weighted by molar-refractivity contribution is -0.139. The van der Waals surface area contributed by atoms with Gasteiger partial charge in [0.2, 0.25) is 0 Å². The van der Waals surface area contributed by atoms with Crippen LogP contribution in [-0.2, 0) is 17.6 Å². The van der Waals surface area contributed by atoms with Crippen LogP contribution >= 0.6 is 0 Å². The number of hydrogen-bond donors (Lipinski definition) is 2. The molecular weight excluding hydrogens is 507 g/mol. The number of rotatable bonds is 7. The number of amides is 1. The van der Waals surface area contributed by atoms with Crippen LogP contribution in [0.1, 0.15) is 33.1 Å². The molecule has 1 amide bonds. The highest BCUT2D eigenvalue weighted by Gasteiger charge is 2.30. The lowest BCUT2D eigenvalue weighted by Gasteiger charge is -2.19. The summed E-state index contributed by atoms with van der Waals surface area (Å²) in [6.45, 7) is -0.0991. The summed E-state index contributed by atoms with van der Waals surface area (Å²) >= 11 is 0. The first-order chi connectivity index (χ1) is 18.7. The molecule has 0 fully saturated rings. The van der Waals surface area contributed by atoms with E-state index >= 15 is 0 Å². The third-order valence-electron chi connectivity index (χ3n) is 6.45. The minimum atomic E-state index is -4.45. The van der Waals surface area contributed by atoms with Crippen molar-refractivity contribution in [3.8, 4) is 5.75 Å². The Morgan fingerprint density at radius 2 is 1.38 bits per heavy atom. The maximum Gasteiger partial charge on any atom is 0.416 e. The quantitative estimate of drug-likeness (QED) is 0.235. The van der Waals surface area contributed by atoms with Crippen molar-refractivity contribution < 1.29 is 32.6 Å². The molecule has 196 valence electrons. The van der Waals surface area contributed by atoms with Gasteiger partial charge in [-0.2, -0.15) is 13.2 Å². The van der Waals surface area contributed by atoms with Crippen LogP contribution in [0.3, 0.4) is 0 Å². The van der Waals surface area contributed by atoms with E-state index in [1.807, 2.05) is 30.3 Å². The Bertz CT molecular complexity index is 1670. The first-order valence-corrected chi connectivity index (χ1v) is 12.0. The Hall–Kier alpha value is -4.85. The van der Waals surface area contributed by atoms with Gasteiger partial charge in [0.25, 0.3) is 5.91 Å². The molecule has 5 aromatic rings. The molecule has 0 saturated heterocycles. The predicted molar refractivity (Wildman–Crippen MR) is 142 cm³/mol. The van der Waals surface area contributed by atoms with Crippen LogP contribution < -0.4 is 10.1 Å². The van der Waals surface area contributed by atoms with Crippen LogP contribution in [0.15, 0.2) is 103 Å². The highest BCUT2D eigenvalue weighted by atomic mass is 19.4. The number of halogens is 3. The summed E-state index contributed by atoms with van der Waals surface area (Å²) in [5.41, 5.74) is 0.236. The highest BCUT2D eigenvalue weighted by Crippen LogP contribution is 2.33. The van der Waals surface area contributed by atoms with Crippen molar-refractivity contribution >= 4 is 33.4 Å². The van der Waals surface area contributed by atoms with Gasteiger partial charge in [-0.1, -0.05) is 84.9 Å². The van der Waals surface area contributed by atoms with Gasteiger partial charge in [-0.25, -0.2) is 4.79 Å². The van der Waals surface area contributed by atoms with Gasteiger partial charge in [-0.15, -0.1) is 0 Å². The van der Waals surface area contributed by atoms with Gasteiger partial charge in [0, 0.05) is 5.39 Å². The molecule has 5 aromatic carbocycles. The Morgan fingerprint density at radius 1 is 0.769 bits per heavy atom. The molecule has 2 N–H and O–H groups in total. The summed E-state index contributed by atoms with van der Waals surface area (Å²) in [5.74, 6) is -1.69. The number of fused-ring (bicyclic) bond motifs is 2. The van der Waals surface area contributed by atoms with E-state index in [1.54, 1.807) is 48.5 Å². The normalized spacial score (nSPS) is 12.3. The molecular formula is C31H22F3NO4. The molecule has 5 nitrogen and oxygen atoms in total. The number of benzene rings is 5. The largest absolute Gasteiger partial charge is 0.487 e. The van der Waals surface area contributed by atoms with E-state index in [9.17, 15) is 27.9 Å². The van der Waals surface area contributed by atoms with Gasteiger partial charge in [0.05, 0.1) is 11.1 Å². The summed E-state index contributed by atoms with van der Waals surface area (Å²) in [4.78, 5) is 25.8. The van der Waals surface area contributed by atoms with E-state index in [4.69, 9.17) is 4.74 Å². The number of nitrogens with one attached hydrogen (secondary N) is 1. The number of carboxylic acid groups (broad SMARTS) is 1. The van der Waals surface area contributed by atoms with Crippen LogP contribution in [0.25, 0.3) is 21.5 Å². The molecule has 0 aliphatic rings. The number of alkyl halides is 3. The van der Waals surface area contributed by atoms with E-state index in [1.165, 1.54) is 12.1 Å². The smallest absolute Gasteiger partial charge is 0.416 e. The maximum atomic E-state index is 13.5. The van der Waals surface area contributed by atoms with Crippen LogP contribution in [0.2, 0.25) is 0 Å². The van der Waals surface area contributed by atoms with E-state index in [0.29, 0.717) is 21.9 Å². The van der Waals surface area contributed by atoms with Crippen molar-refractivity contribution in [2.24, 2.45) is 0 Å². The van der Waals surface area contributed by atoms with Crippen molar-refractivity contribution in [2.75, 3.05) is 0 Å². The van der Waals surface area contributed by atoms with E-state index in [0.717, 1.165) is 22.9 Å². The second-order valence-corrected chi connectivity index (χ2v) is 8.96. The molecule has 1 atom stereocenters. The third kappa shape index (κ3) is 5.40. The Morgan fingerprint density at radius 3 is 2.05 bits per heavy atom. The van der Waals surface area contributed by atoms with Gasteiger partial charge < -0.3 is 15.2 Å². The SMILES string of the molecule is O=C(NC(C(=O)O)c1cccc2ccccc12)c1ccc2ccccc2c1OCc1ccc(C(F)(F)F)cc1. The number of hydrogen-bond acceptors (Lipinski definition) is 3. The van der Waals surface area contributed by atoms with Crippen molar-refractivity contribution in [3.63, 3.8) is 0 Å². The molecule has 0 spiro atoms. The van der Waals surface area contributed by atoms with E-state index in [-0.39, 0.29) is 17.9 Å². The van der Waals surface area contributed by atoms with Crippen molar-refractivity contribution in [1.29, 1.82) is 0 Å². The number of carboxylic acids is 1. The zero-order chi connectivity index (χ0) is 27.6. The number of carbonyl (C=O) groups excluding carboxylic acids is 1. The van der Waals surface area contributed by atoms with Crippen molar-refractivity contribution in [1.82, 2.24) is 5.32 Å². The molecule has 1 unspecified atom stereocenters. The monoisotopic (exact) mass is 529 g/mol. The molecule has 5 rings (SSSR count). The average Bonchev–Trinajstić information content (AvgIpc) is 2.93. The zero-order valence-corrected chi connectivity index (χ0v) is 20.4. The second kappa shape index (κ2) is 10.5. The predicted octanol–water partition coefficient (Wildman–Crippen LogP) is 7.15. The fraction of sp³-hybridized carbons (Fsp3) is 0.0968. The molecule has 0 saturated carbocycles. The topological polar surface area (TPSA) is 75.6 Å². The molecule has 39 heavy (non-hydrogen) atoms. The van der Waals surface area contributed by atoms with Gasteiger partial charge in [0.15, 0.2) is 6.04 Å². The van der Waals surface area contributed by atoms with Crippen LogP contribution in [0.5, 0.6) is 5.75 Å². The Balaban J connectivity index is 1.48. The molecule has 8 heteroatoms. The lowest BCUT2D eigenvalue weighted by Crippen LogP contribution is -2.34. The summed E-state index contributed by atoms with van der Waals surface area (Å²) in [7, 11) is 0. The maximum absolute atomic E-state index is 13.5. The summed E-state index contributed by atoms with van der Waals surface area (Å²) in [5, 5.41) is 15.6. The molecule has 0 radical (unpaired) electrons. The number of ether oxygens (including phenoxy) is 1. The standard InChI is InChI=1S/C31H22F3NO4/c32-31(33,34)22-15-12-19(13-16-22)18-39-28-24-10-4-2-7-21(24)14-17-26(28)29(36)35-27(30(37)38)25-11-5-8-20-6-1-3-9-23(20)25/h1-17,27H,18H2,(H,35,36)(H,37,38). The zero-order valence-electron chi connectivity index (χ0n) is 20.4. The Labute approximate surface area is 221 Å². The van der Waals surface area contributed by atoms with Crippen LogP contribution in [0.4, 0.5) is 13.2 Å². The van der Waals surface area contributed by atoms with Crippen molar-refractivity contribution in [2.45, 2.75) is 18.8 Å². The van der Waals surface area contributed by atoms with E-state index < -0.39 is 29.7 Å². The molecule has 0 aliphatic heterocycles. The second-order valence-electron chi connectivity index (χ2n) is 8.96. The lowest BCUT2D eigenvalue weighted by atomic mass is 9.98. The summed E-state index contributed by atoms with van der Waals surface area (Å²) in [6, 6.07) is 26.2. The Kier molecular flexibility index (Phi) is 6.94. The summed E-state index contributed by atoms with van der Waals surface area (Å²) in [6.07, 6.45) is -4.45. The van der Waals surface area contributed by atoms with Gasteiger partial charge in [-0.05, 0) is 45.5 Å². The number of aliphatic carboxylic acids is 1. The number of carbonyl (C=O) groups is 2. The highest BCUT2D eigenvalue weighted by molar-refractivity contribution is 6.05. The molecule has 0 heterocycles. The van der Waals surface area contributed by atoms with Gasteiger partial charge in [0.1, 0.15) is 12.4 Å². The fourth-order valence-electron chi connectivity index (χ4n) is 4.51. The first kappa shape index (κ1) is 25.8. The van der Waals surface area contributed by atoms with Crippen LogP contribution in [0, 0.1) is 0 Å². The fourth-order valence-corrected chi connectivity index (χ4v) is 4.51. The molecule has 0 bridgehead atoms. The minimum Gasteiger partial charge on any atom is -0.487 e. The van der Waals surface area contributed by atoms with Crippen molar-refractivity contribution in [3.05, 3.63) is 125 Å². The van der Waals surface area contributed by atoms with Crippen LogP contribution in [-0.4, -0.2) is 17.0 Å². The van der Waals surface area contributed by atoms with E-state index in [2.05, 4.69) is 5.32 Å². The summed E-state index contributed by atoms with van der Waals surface area (Å²) < 4.78 is 44.8. The average molecular weight is 530 g/mol.